The van der Waals surface area contributed by atoms with Gasteiger partial charge < -0.3 is 9.13 Å². The molecule has 16 heavy (non-hydrogen) atoms. The van der Waals surface area contributed by atoms with Gasteiger partial charge in [-0.3, -0.25) is 9.80 Å². The van der Waals surface area contributed by atoms with Gasteiger partial charge in [0.1, 0.15) is 0 Å². The van der Waals surface area contributed by atoms with Crippen molar-refractivity contribution >= 4 is 17.9 Å². The first-order valence-electron chi connectivity index (χ1n) is 5.93. The van der Waals surface area contributed by atoms with Crippen LogP contribution in [0.4, 0.5) is 0 Å². The van der Waals surface area contributed by atoms with E-state index in [-0.39, 0.29) is 9.52 Å². The molecule has 1 saturated heterocycles. The Morgan fingerprint density at radius 1 is 0.812 bits per heavy atom. The fourth-order valence-corrected chi connectivity index (χ4v) is 18.3. The molecule has 1 rings (SSSR count). The molecule has 0 bridgehead atoms. The molecule has 0 amide bonds. The van der Waals surface area contributed by atoms with Crippen LogP contribution in [0.5, 0.6) is 0 Å². The Labute approximate surface area is 104 Å². The molecule has 0 atom stereocenters. The zero-order valence-corrected chi connectivity index (χ0v) is 14.6. The third-order valence-electron chi connectivity index (χ3n) is 4.42. The Morgan fingerprint density at radius 2 is 1.19 bits per heavy atom. The van der Waals surface area contributed by atoms with Crippen molar-refractivity contribution in [3.63, 3.8) is 0 Å². The van der Waals surface area contributed by atoms with Crippen molar-refractivity contribution in [1.82, 2.24) is 18.9 Å². The second kappa shape index (κ2) is 4.51. The van der Waals surface area contributed by atoms with E-state index in [1.807, 2.05) is 0 Å². The van der Waals surface area contributed by atoms with Gasteiger partial charge in [-0.05, 0) is 62.0 Å². The van der Waals surface area contributed by atoms with Gasteiger partial charge in [0.2, 0.25) is 8.40 Å². The smallest absolute Gasteiger partial charge is 0.234 e. The van der Waals surface area contributed by atoms with Crippen LogP contribution in [0.25, 0.3) is 0 Å². The van der Waals surface area contributed by atoms with E-state index in [9.17, 15) is 0 Å². The van der Waals surface area contributed by atoms with Crippen LogP contribution in [-0.4, -0.2) is 98.1 Å². The number of hydrogen-bond donors (Lipinski definition) is 0. The van der Waals surface area contributed by atoms with E-state index in [2.05, 4.69) is 75.3 Å². The van der Waals surface area contributed by atoms with Gasteiger partial charge in [-0.1, -0.05) is 0 Å². The second-order valence-corrected chi connectivity index (χ2v) is 14.1. The van der Waals surface area contributed by atoms with Crippen molar-refractivity contribution in [2.45, 2.75) is 10.6 Å². The zero-order valence-electron chi connectivity index (χ0n) is 12.2. The van der Waals surface area contributed by atoms with Crippen LogP contribution >= 0.6 is 0 Å². The van der Waals surface area contributed by atoms with Crippen LogP contribution in [0.2, 0.25) is 5.67 Å². The van der Waals surface area contributed by atoms with Gasteiger partial charge in [0.05, 0.1) is 14.4 Å². The Kier molecular flexibility index (Phi) is 4.04. The lowest BCUT2D eigenvalue weighted by molar-refractivity contribution is 0.114. The molecule has 0 aromatic heterocycles. The van der Waals surface area contributed by atoms with Gasteiger partial charge in [0, 0.05) is 0 Å². The van der Waals surface area contributed by atoms with Gasteiger partial charge in [-0.2, -0.15) is 0 Å². The van der Waals surface area contributed by atoms with Gasteiger partial charge in [-0.25, -0.2) is 0 Å². The van der Waals surface area contributed by atoms with E-state index >= 15 is 0 Å². The van der Waals surface area contributed by atoms with Crippen molar-refractivity contribution in [2.24, 2.45) is 0 Å². The SMILES string of the molecule is CN(C)C1(N(C)C)[SiH2]C[Si]1(N(C)C)N(C)C. The average molecular weight is 261 g/mol. The predicted molar refractivity (Wildman–Crippen MR) is 76.6 cm³/mol. The second-order valence-electron chi connectivity index (χ2n) is 5.71. The van der Waals surface area contributed by atoms with E-state index in [1.54, 1.807) is 0 Å². The standard InChI is InChI=1S/C10H28N4Si2/c1-11(2)10(12(3)4)15-9-16(10,13(5)6)14(7)8/h9,15H2,1-8H3. The lowest BCUT2D eigenvalue weighted by atomic mass is 10.7. The monoisotopic (exact) mass is 260 g/mol. The zero-order chi connectivity index (χ0) is 12.7. The Morgan fingerprint density at radius 3 is 1.25 bits per heavy atom. The van der Waals surface area contributed by atoms with E-state index in [0.717, 1.165) is 0 Å². The largest absolute Gasteiger partial charge is 0.316 e. The van der Waals surface area contributed by atoms with E-state index in [4.69, 9.17) is 0 Å². The summed E-state index contributed by atoms with van der Waals surface area (Å²) in [5.74, 6) is 0. The molecule has 0 radical (unpaired) electrons. The van der Waals surface area contributed by atoms with Crippen LogP contribution in [0.3, 0.4) is 0 Å². The summed E-state index contributed by atoms with van der Waals surface area (Å²) in [6.45, 7) is 0. The first-order chi connectivity index (χ1) is 7.23. The minimum absolute atomic E-state index is 0.0423. The molecule has 1 aliphatic heterocycles. The first-order valence-corrected chi connectivity index (χ1v) is 9.74. The molecule has 96 valence electrons. The molecule has 0 N–H and O–H groups in total. The summed E-state index contributed by atoms with van der Waals surface area (Å²) in [4.78, 5) is 5.34. The molecule has 1 heterocycles. The summed E-state index contributed by atoms with van der Waals surface area (Å²) >= 11 is 0. The maximum atomic E-state index is 2.53. The van der Waals surface area contributed by atoms with Gasteiger partial charge in [-0.15, -0.1) is 0 Å². The van der Waals surface area contributed by atoms with Crippen molar-refractivity contribution in [3.05, 3.63) is 0 Å². The van der Waals surface area contributed by atoms with Crippen LogP contribution < -0.4 is 0 Å². The third kappa shape index (κ3) is 1.55. The van der Waals surface area contributed by atoms with Crippen LogP contribution in [0, 0.1) is 0 Å². The van der Waals surface area contributed by atoms with Crippen LogP contribution in [0.15, 0.2) is 0 Å². The third-order valence-corrected chi connectivity index (χ3v) is 17.8. The maximum Gasteiger partial charge on any atom is 0.234 e. The van der Waals surface area contributed by atoms with Crippen LogP contribution in [0.1, 0.15) is 0 Å². The molecular weight excluding hydrogens is 232 g/mol. The van der Waals surface area contributed by atoms with Gasteiger partial charge in [0.25, 0.3) is 0 Å². The van der Waals surface area contributed by atoms with E-state index in [0.29, 0.717) is 4.91 Å². The highest BCUT2D eigenvalue weighted by Crippen LogP contribution is 2.42. The molecule has 0 aliphatic carbocycles. The lowest BCUT2D eigenvalue weighted by Gasteiger charge is -2.67. The summed E-state index contributed by atoms with van der Waals surface area (Å²) in [7, 11) is 16.5. The molecule has 1 aliphatic rings. The topological polar surface area (TPSA) is 13.0 Å². The summed E-state index contributed by atoms with van der Waals surface area (Å²) in [5.41, 5.74) is 1.49. The fourth-order valence-electron chi connectivity index (χ4n) is 3.70. The highest BCUT2D eigenvalue weighted by Gasteiger charge is 2.67. The van der Waals surface area contributed by atoms with E-state index < -0.39 is 8.40 Å². The normalized spacial score (nSPS) is 24.8. The molecule has 0 aromatic carbocycles. The predicted octanol–water partition coefficient (Wildman–Crippen LogP) is -0.992. The summed E-state index contributed by atoms with van der Waals surface area (Å²) in [6, 6.07) is 0. The van der Waals surface area contributed by atoms with E-state index in [1.165, 1.54) is 5.67 Å². The van der Waals surface area contributed by atoms with Crippen molar-refractivity contribution < 1.29 is 0 Å². The summed E-state index contributed by atoms with van der Waals surface area (Å²) < 4.78 is 5.06. The van der Waals surface area contributed by atoms with Crippen molar-refractivity contribution in [2.75, 3.05) is 56.4 Å². The Balaban J connectivity index is 3.21. The molecule has 0 spiro atoms. The molecule has 4 nitrogen and oxygen atoms in total. The molecule has 0 aromatic rings. The van der Waals surface area contributed by atoms with Crippen LogP contribution in [-0.2, 0) is 0 Å². The number of nitrogens with zero attached hydrogens (tertiary/aromatic N) is 4. The lowest BCUT2D eigenvalue weighted by Crippen LogP contribution is -2.92. The first kappa shape index (κ1) is 14.3. The minimum Gasteiger partial charge on any atom is -0.316 e. The maximum absolute atomic E-state index is 2.53. The molecule has 1 fully saturated rings. The average Bonchev–Trinajstić information content (AvgIpc) is 1.98. The molecule has 0 saturated carbocycles. The quantitative estimate of drug-likeness (QED) is 0.475. The molecule has 0 unspecified atom stereocenters. The number of rotatable bonds is 4. The molecule has 6 heteroatoms. The van der Waals surface area contributed by atoms with Gasteiger partial charge in [0.15, 0.2) is 0 Å². The minimum atomic E-state index is -1.52. The fraction of sp³-hybridized carbons (Fsp3) is 1.00. The summed E-state index contributed by atoms with van der Waals surface area (Å²) in [5, 5.41) is 0. The molecular formula is C10H28N4Si2. The Hall–Kier alpha value is 0.274. The van der Waals surface area contributed by atoms with Crippen molar-refractivity contribution in [3.8, 4) is 0 Å². The highest BCUT2D eigenvalue weighted by molar-refractivity contribution is 7.00. The van der Waals surface area contributed by atoms with Gasteiger partial charge >= 0.3 is 0 Å². The summed E-state index contributed by atoms with van der Waals surface area (Å²) in [6.07, 6.45) is 0. The number of hydrogen-bond acceptors (Lipinski definition) is 4. The Bertz CT molecular complexity index is 211. The van der Waals surface area contributed by atoms with Crippen molar-refractivity contribution in [1.29, 1.82) is 0 Å². The highest BCUT2D eigenvalue weighted by atomic mass is 28.4.